The molecule has 1 N–H and O–H groups in total. The lowest BCUT2D eigenvalue weighted by atomic mass is 9.89. The van der Waals surface area contributed by atoms with E-state index in [2.05, 4.69) is 20.8 Å². The van der Waals surface area contributed by atoms with E-state index >= 15 is 0 Å². The average molecular weight is 492 g/mol. The number of fused-ring (bicyclic) bond motifs is 1. The highest BCUT2D eigenvalue weighted by molar-refractivity contribution is 9.10. The van der Waals surface area contributed by atoms with Crippen LogP contribution in [0, 0.1) is 5.82 Å². The van der Waals surface area contributed by atoms with Crippen molar-refractivity contribution in [1.29, 1.82) is 0 Å². The van der Waals surface area contributed by atoms with E-state index in [-0.39, 0.29) is 34.2 Å². The van der Waals surface area contributed by atoms with Crippen molar-refractivity contribution < 1.29 is 23.4 Å². The Hall–Kier alpha value is -2.42. The fraction of sp³-hybridized carbons (Fsp3) is 0.348. The number of aliphatic hydroxyl groups excluding tert-OH is 1. The molecule has 1 aliphatic rings. The van der Waals surface area contributed by atoms with Crippen LogP contribution in [-0.2, 0) is 0 Å². The highest BCUT2D eigenvalue weighted by Crippen LogP contribution is 2.45. The topological polar surface area (TPSA) is 72.1 Å². The Morgan fingerprint density at radius 2 is 2.00 bits per heavy atom. The number of hydrogen-bond donors (Lipinski definition) is 1. The number of aliphatic hydroxyl groups is 1. The summed E-state index contributed by atoms with van der Waals surface area (Å²) in [4.78, 5) is 15.3. The van der Waals surface area contributed by atoms with Crippen LogP contribution < -0.4 is 14.9 Å². The first-order valence-electron chi connectivity index (χ1n) is 9.89. The maximum atomic E-state index is 14.1. The van der Waals surface area contributed by atoms with Crippen molar-refractivity contribution in [2.24, 2.45) is 0 Å². The fourth-order valence-electron chi connectivity index (χ4n) is 4.42. The van der Waals surface area contributed by atoms with Gasteiger partial charge in [0.15, 0.2) is 5.43 Å². The van der Waals surface area contributed by atoms with Crippen molar-refractivity contribution in [3.8, 4) is 22.8 Å². The van der Waals surface area contributed by atoms with E-state index in [1.165, 1.54) is 19.2 Å². The van der Waals surface area contributed by atoms with Gasteiger partial charge in [0.1, 0.15) is 34.0 Å². The number of rotatable bonds is 5. The molecule has 0 aliphatic carbocycles. The summed E-state index contributed by atoms with van der Waals surface area (Å²) in [5.74, 6) is 0.504. The molecular weight excluding hydrogens is 469 g/mol. The molecule has 2 unspecified atom stereocenters. The van der Waals surface area contributed by atoms with Crippen LogP contribution in [0.4, 0.5) is 4.39 Å². The van der Waals surface area contributed by atoms with Gasteiger partial charge in [0.05, 0.1) is 25.3 Å². The van der Waals surface area contributed by atoms with Crippen LogP contribution in [0.15, 0.2) is 44.0 Å². The molecular formula is C23H23BrFNO5. The lowest BCUT2D eigenvalue weighted by molar-refractivity contribution is 0.171. The van der Waals surface area contributed by atoms with E-state index in [4.69, 9.17) is 13.9 Å². The maximum absolute atomic E-state index is 14.1. The minimum atomic E-state index is -0.457. The van der Waals surface area contributed by atoms with E-state index in [1.54, 1.807) is 25.3 Å². The Bertz CT molecular complexity index is 1190. The van der Waals surface area contributed by atoms with E-state index in [0.29, 0.717) is 33.6 Å². The average Bonchev–Trinajstić information content (AvgIpc) is 3.13. The molecule has 2 heterocycles. The van der Waals surface area contributed by atoms with E-state index in [0.717, 1.165) is 13.0 Å². The summed E-state index contributed by atoms with van der Waals surface area (Å²) in [6.07, 6.45) is 0.761. The molecule has 0 amide bonds. The van der Waals surface area contributed by atoms with E-state index in [1.807, 2.05) is 7.05 Å². The molecule has 1 aliphatic heterocycles. The highest BCUT2D eigenvalue weighted by Gasteiger charge is 2.37. The van der Waals surface area contributed by atoms with Gasteiger partial charge in [0.2, 0.25) is 0 Å². The number of benzene rings is 2. The number of likely N-dealkylation sites (N-methyl/N-ethyl adjacent to an activating group) is 1. The first-order valence-corrected chi connectivity index (χ1v) is 10.7. The second-order valence-electron chi connectivity index (χ2n) is 7.60. The second-order valence-corrected chi connectivity index (χ2v) is 8.39. The predicted octanol–water partition coefficient (Wildman–Crippen LogP) is 4.16. The molecule has 1 aromatic heterocycles. The van der Waals surface area contributed by atoms with Gasteiger partial charge in [-0.1, -0.05) is 6.07 Å². The number of nitrogens with zero attached hydrogens (tertiary/aromatic N) is 1. The van der Waals surface area contributed by atoms with Gasteiger partial charge in [-0.15, -0.1) is 0 Å². The third kappa shape index (κ3) is 3.62. The Labute approximate surface area is 187 Å². The van der Waals surface area contributed by atoms with Gasteiger partial charge >= 0.3 is 0 Å². The molecule has 6 nitrogen and oxygen atoms in total. The number of halogens is 2. The van der Waals surface area contributed by atoms with Crippen LogP contribution >= 0.6 is 15.9 Å². The Morgan fingerprint density at radius 3 is 2.68 bits per heavy atom. The quantitative estimate of drug-likeness (QED) is 0.577. The first kappa shape index (κ1) is 21.8. The van der Waals surface area contributed by atoms with E-state index in [9.17, 15) is 14.3 Å². The molecule has 4 rings (SSSR count). The Kier molecular flexibility index (Phi) is 6.05. The van der Waals surface area contributed by atoms with Crippen molar-refractivity contribution in [2.75, 3.05) is 34.4 Å². The summed E-state index contributed by atoms with van der Waals surface area (Å²) in [6.45, 7) is 0.739. The maximum Gasteiger partial charge on any atom is 0.197 e. The van der Waals surface area contributed by atoms with Crippen LogP contribution in [0.5, 0.6) is 11.5 Å². The minimum absolute atomic E-state index is 0.0444. The molecule has 0 saturated carbocycles. The molecule has 31 heavy (non-hydrogen) atoms. The number of methoxy groups -OCH3 is 2. The number of ether oxygens (including phenoxy) is 2. The van der Waals surface area contributed by atoms with Gasteiger partial charge in [0.25, 0.3) is 0 Å². The van der Waals surface area contributed by atoms with Crippen LogP contribution in [0.1, 0.15) is 17.9 Å². The summed E-state index contributed by atoms with van der Waals surface area (Å²) >= 11 is 3.25. The summed E-state index contributed by atoms with van der Waals surface area (Å²) in [6, 6.07) is 7.42. The zero-order chi connectivity index (χ0) is 22.3. The summed E-state index contributed by atoms with van der Waals surface area (Å²) < 4.78 is 31.7. The van der Waals surface area contributed by atoms with Gasteiger partial charge < -0.3 is 23.9 Å². The van der Waals surface area contributed by atoms with Crippen molar-refractivity contribution in [3.63, 3.8) is 0 Å². The lowest BCUT2D eigenvalue weighted by Gasteiger charge is -2.25. The van der Waals surface area contributed by atoms with Gasteiger partial charge in [-0.3, -0.25) is 4.79 Å². The molecule has 164 valence electrons. The molecule has 0 spiro atoms. The third-order valence-corrected chi connectivity index (χ3v) is 6.81. The minimum Gasteiger partial charge on any atom is -0.496 e. The smallest absolute Gasteiger partial charge is 0.197 e. The third-order valence-electron chi connectivity index (χ3n) is 6.00. The standard InChI is InChI=1S/C23H23BrFNO5/c1-26-8-7-12(15(26)11-27)20-18(29-2)10-19(30-3)21-16(28)9-17(31-23(20)21)13-5-4-6-14(25)22(13)24/h4-6,9-10,12,15,27H,7-8,11H2,1-3H3. The lowest BCUT2D eigenvalue weighted by Crippen LogP contribution is -2.32. The molecule has 2 atom stereocenters. The van der Waals surface area contributed by atoms with Crippen LogP contribution in [0.2, 0.25) is 0 Å². The molecule has 3 aromatic rings. The fourth-order valence-corrected chi connectivity index (χ4v) is 4.88. The first-order chi connectivity index (χ1) is 14.9. The molecule has 0 radical (unpaired) electrons. The van der Waals surface area contributed by atoms with Crippen molar-refractivity contribution >= 4 is 26.9 Å². The van der Waals surface area contributed by atoms with Crippen LogP contribution in [-0.4, -0.2) is 50.5 Å². The zero-order valence-electron chi connectivity index (χ0n) is 17.4. The Morgan fingerprint density at radius 1 is 1.26 bits per heavy atom. The molecule has 1 fully saturated rings. The monoisotopic (exact) mass is 491 g/mol. The summed E-state index contributed by atoms with van der Waals surface area (Å²) in [5.41, 5.74) is 1.15. The van der Waals surface area contributed by atoms with Crippen molar-refractivity contribution in [1.82, 2.24) is 4.90 Å². The van der Waals surface area contributed by atoms with Gasteiger partial charge in [-0.2, -0.15) is 0 Å². The number of hydrogen-bond acceptors (Lipinski definition) is 6. The molecule has 0 bridgehead atoms. The van der Waals surface area contributed by atoms with Gasteiger partial charge in [-0.05, 0) is 48.1 Å². The Balaban J connectivity index is 2.07. The predicted molar refractivity (Wildman–Crippen MR) is 120 cm³/mol. The SMILES string of the molecule is COc1cc(OC)c2c(=O)cc(-c3cccc(F)c3Br)oc2c1C1CCN(C)C1CO. The summed E-state index contributed by atoms with van der Waals surface area (Å²) in [5, 5.41) is 10.3. The highest BCUT2D eigenvalue weighted by atomic mass is 79.9. The molecule has 8 heteroatoms. The summed E-state index contributed by atoms with van der Waals surface area (Å²) in [7, 11) is 4.97. The largest absolute Gasteiger partial charge is 0.496 e. The van der Waals surface area contributed by atoms with Crippen molar-refractivity contribution in [3.05, 3.63) is 56.4 Å². The number of likely N-dealkylation sites (tertiary alicyclic amines) is 1. The zero-order valence-corrected chi connectivity index (χ0v) is 19.0. The second kappa shape index (κ2) is 8.61. The molecule has 2 aromatic carbocycles. The van der Waals surface area contributed by atoms with Crippen LogP contribution in [0.25, 0.3) is 22.3 Å². The van der Waals surface area contributed by atoms with Crippen LogP contribution in [0.3, 0.4) is 0 Å². The van der Waals surface area contributed by atoms with Gasteiger partial charge in [0, 0.05) is 35.2 Å². The normalized spacial score (nSPS) is 19.2. The van der Waals surface area contributed by atoms with Crippen molar-refractivity contribution in [2.45, 2.75) is 18.4 Å². The van der Waals surface area contributed by atoms with E-state index < -0.39 is 5.82 Å². The van der Waals surface area contributed by atoms with Gasteiger partial charge in [-0.25, -0.2) is 4.39 Å². The molecule has 1 saturated heterocycles.